The van der Waals surface area contributed by atoms with Crippen molar-refractivity contribution in [1.82, 2.24) is 0 Å². The van der Waals surface area contributed by atoms with E-state index in [2.05, 4.69) is 12.2 Å². The maximum Gasteiger partial charge on any atom is 0.121 e. The molecule has 0 saturated carbocycles. The number of hydrogen-bond donors (Lipinski definition) is 2. The van der Waals surface area contributed by atoms with E-state index in [1.165, 1.54) is 0 Å². The largest absolute Gasteiger partial charge is 0.497 e. The number of benzene rings is 1. The Labute approximate surface area is 103 Å². The van der Waals surface area contributed by atoms with Crippen molar-refractivity contribution in [2.45, 2.75) is 19.8 Å². The van der Waals surface area contributed by atoms with Gasteiger partial charge >= 0.3 is 0 Å². The van der Waals surface area contributed by atoms with E-state index in [1.54, 1.807) is 7.11 Å². The van der Waals surface area contributed by atoms with E-state index in [1.807, 2.05) is 18.2 Å². The lowest BCUT2D eigenvalue weighted by Crippen LogP contribution is -2.07. The molecule has 1 aromatic carbocycles. The van der Waals surface area contributed by atoms with Gasteiger partial charge in [0, 0.05) is 25.8 Å². The summed E-state index contributed by atoms with van der Waals surface area (Å²) >= 11 is 0. The van der Waals surface area contributed by atoms with Gasteiger partial charge in [-0.15, -0.1) is 0 Å². The number of methoxy groups -OCH3 is 1. The fraction of sp³-hybridized carbons (Fsp3) is 0.538. The summed E-state index contributed by atoms with van der Waals surface area (Å²) in [5, 5.41) is 3.28. The van der Waals surface area contributed by atoms with Crippen LogP contribution in [0.5, 0.6) is 5.75 Å². The third-order valence-corrected chi connectivity index (χ3v) is 2.39. The first-order valence-corrected chi connectivity index (χ1v) is 6.03. The average molecular weight is 238 g/mol. The van der Waals surface area contributed by atoms with Crippen molar-refractivity contribution in [3.8, 4) is 5.75 Å². The molecule has 0 amide bonds. The summed E-state index contributed by atoms with van der Waals surface area (Å²) in [6, 6.07) is 5.60. The lowest BCUT2D eigenvalue weighted by Gasteiger charge is -2.11. The number of hydrogen-bond acceptors (Lipinski definition) is 4. The first-order valence-electron chi connectivity index (χ1n) is 6.03. The maximum atomic E-state index is 5.86. The van der Waals surface area contributed by atoms with E-state index in [0.29, 0.717) is 0 Å². The zero-order chi connectivity index (χ0) is 12.5. The standard InChI is InChI=1S/C13H22N2O2/c1-3-8-17-9-4-7-15-13-10-11(16-2)5-6-12(13)14/h5-6,10,15H,3-4,7-9,14H2,1-2H3. The highest BCUT2D eigenvalue weighted by molar-refractivity contribution is 5.68. The Kier molecular flexibility index (Phi) is 6.25. The van der Waals surface area contributed by atoms with Crippen LogP contribution in [0.2, 0.25) is 0 Å². The minimum Gasteiger partial charge on any atom is -0.497 e. The molecule has 0 aromatic heterocycles. The molecule has 0 fully saturated rings. The first kappa shape index (κ1) is 13.6. The number of nitrogen functional groups attached to an aromatic ring is 1. The summed E-state index contributed by atoms with van der Waals surface area (Å²) in [5.74, 6) is 0.809. The van der Waals surface area contributed by atoms with E-state index >= 15 is 0 Å². The van der Waals surface area contributed by atoms with E-state index < -0.39 is 0 Å². The Balaban J connectivity index is 2.30. The van der Waals surface area contributed by atoms with Crippen molar-refractivity contribution in [2.24, 2.45) is 0 Å². The molecule has 96 valence electrons. The molecule has 0 aliphatic heterocycles. The highest BCUT2D eigenvalue weighted by Crippen LogP contribution is 2.24. The quantitative estimate of drug-likeness (QED) is 0.539. The van der Waals surface area contributed by atoms with Crippen LogP contribution in [0.15, 0.2) is 18.2 Å². The molecule has 17 heavy (non-hydrogen) atoms. The van der Waals surface area contributed by atoms with Crippen LogP contribution in [0.25, 0.3) is 0 Å². The summed E-state index contributed by atoms with van der Waals surface area (Å²) in [6.07, 6.45) is 2.03. The van der Waals surface area contributed by atoms with Crippen LogP contribution in [0.3, 0.4) is 0 Å². The topological polar surface area (TPSA) is 56.5 Å². The molecule has 1 rings (SSSR count). The van der Waals surface area contributed by atoms with Gasteiger partial charge in [0.1, 0.15) is 5.75 Å². The number of ether oxygens (including phenoxy) is 2. The molecule has 0 spiro atoms. The Morgan fingerprint density at radius 2 is 2.12 bits per heavy atom. The van der Waals surface area contributed by atoms with Crippen LogP contribution in [-0.4, -0.2) is 26.9 Å². The Bertz CT molecular complexity index is 329. The zero-order valence-electron chi connectivity index (χ0n) is 10.7. The van der Waals surface area contributed by atoms with Crippen LogP contribution in [-0.2, 0) is 4.74 Å². The Morgan fingerprint density at radius 1 is 1.29 bits per heavy atom. The van der Waals surface area contributed by atoms with Gasteiger partial charge in [-0.2, -0.15) is 0 Å². The third-order valence-electron chi connectivity index (χ3n) is 2.39. The van der Waals surface area contributed by atoms with Gasteiger partial charge in [0.15, 0.2) is 0 Å². The van der Waals surface area contributed by atoms with E-state index in [9.17, 15) is 0 Å². The zero-order valence-corrected chi connectivity index (χ0v) is 10.7. The van der Waals surface area contributed by atoms with E-state index in [-0.39, 0.29) is 0 Å². The van der Waals surface area contributed by atoms with Gasteiger partial charge in [0.25, 0.3) is 0 Å². The fourth-order valence-corrected chi connectivity index (χ4v) is 1.46. The van der Waals surface area contributed by atoms with Gasteiger partial charge < -0.3 is 20.5 Å². The van der Waals surface area contributed by atoms with Gasteiger partial charge in [-0.25, -0.2) is 0 Å². The summed E-state index contributed by atoms with van der Waals surface area (Å²) in [7, 11) is 1.65. The molecule has 4 heteroatoms. The van der Waals surface area contributed by atoms with E-state index in [0.717, 1.165) is 49.7 Å². The minimum atomic E-state index is 0.736. The number of nitrogens with one attached hydrogen (secondary N) is 1. The van der Waals surface area contributed by atoms with Gasteiger partial charge in [0.2, 0.25) is 0 Å². The van der Waals surface area contributed by atoms with Crippen molar-refractivity contribution in [1.29, 1.82) is 0 Å². The molecule has 4 nitrogen and oxygen atoms in total. The van der Waals surface area contributed by atoms with Crippen LogP contribution in [0.4, 0.5) is 11.4 Å². The highest BCUT2D eigenvalue weighted by Gasteiger charge is 2.00. The molecule has 1 aromatic rings. The van der Waals surface area contributed by atoms with Crippen LogP contribution in [0, 0.1) is 0 Å². The van der Waals surface area contributed by atoms with Crippen LogP contribution >= 0.6 is 0 Å². The molecule has 0 atom stereocenters. The monoisotopic (exact) mass is 238 g/mol. The highest BCUT2D eigenvalue weighted by atomic mass is 16.5. The first-order chi connectivity index (χ1) is 8.27. The number of nitrogens with two attached hydrogens (primary N) is 1. The van der Waals surface area contributed by atoms with Crippen molar-refractivity contribution < 1.29 is 9.47 Å². The summed E-state index contributed by atoms with van der Waals surface area (Å²) in [5.41, 5.74) is 7.51. The lowest BCUT2D eigenvalue weighted by atomic mass is 10.2. The SMILES string of the molecule is CCCOCCCNc1cc(OC)ccc1N. The molecule has 0 aliphatic carbocycles. The van der Waals surface area contributed by atoms with Crippen molar-refractivity contribution in [2.75, 3.05) is 37.9 Å². The molecule has 0 heterocycles. The predicted molar refractivity (Wildman–Crippen MR) is 71.6 cm³/mol. The molecule has 0 bridgehead atoms. The van der Waals surface area contributed by atoms with Crippen molar-refractivity contribution >= 4 is 11.4 Å². The Morgan fingerprint density at radius 3 is 2.82 bits per heavy atom. The molecule has 3 N–H and O–H groups in total. The van der Waals surface area contributed by atoms with Crippen molar-refractivity contribution in [3.63, 3.8) is 0 Å². The van der Waals surface area contributed by atoms with Crippen LogP contribution < -0.4 is 15.8 Å². The van der Waals surface area contributed by atoms with Gasteiger partial charge in [0.05, 0.1) is 18.5 Å². The molecule has 0 radical (unpaired) electrons. The summed E-state index contributed by atoms with van der Waals surface area (Å²) < 4.78 is 10.5. The second-order valence-corrected chi connectivity index (χ2v) is 3.85. The lowest BCUT2D eigenvalue weighted by molar-refractivity contribution is 0.134. The van der Waals surface area contributed by atoms with Gasteiger partial charge in [-0.05, 0) is 25.0 Å². The third kappa shape index (κ3) is 4.95. The van der Waals surface area contributed by atoms with Gasteiger partial charge in [-0.1, -0.05) is 6.92 Å². The number of rotatable bonds is 8. The maximum absolute atomic E-state index is 5.86. The van der Waals surface area contributed by atoms with Crippen molar-refractivity contribution in [3.05, 3.63) is 18.2 Å². The summed E-state index contributed by atoms with van der Waals surface area (Å²) in [4.78, 5) is 0. The second kappa shape index (κ2) is 7.79. The molecule has 0 unspecified atom stereocenters. The fourth-order valence-electron chi connectivity index (χ4n) is 1.46. The molecular weight excluding hydrogens is 216 g/mol. The molecular formula is C13H22N2O2. The van der Waals surface area contributed by atoms with Crippen LogP contribution in [0.1, 0.15) is 19.8 Å². The Hall–Kier alpha value is -1.42. The second-order valence-electron chi connectivity index (χ2n) is 3.85. The van der Waals surface area contributed by atoms with Gasteiger partial charge in [-0.3, -0.25) is 0 Å². The van der Waals surface area contributed by atoms with E-state index in [4.69, 9.17) is 15.2 Å². The average Bonchev–Trinajstić information content (AvgIpc) is 2.35. The minimum absolute atomic E-state index is 0.736. The predicted octanol–water partition coefficient (Wildman–Crippen LogP) is 2.51. The molecule has 0 saturated heterocycles. The molecule has 0 aliphatic rings. The normalized spacial score (nSPS) is 10.2. The summed E-state index contributed by atoms with van der Waals surface area (Å²) in [6.45, 7) is 4.57. The number of anilines is 2. The smallest absolute Gasteiger partial charge is 0.121 e.